The van der Waals surface area contributed by atoms with E-state index in [-0.39, 0.29) is 11.5 Å². The first-order chi connectivity index (χ1) is 10.4. The highest BCUT2D eigenvalue weighted by Gasteiger charge is 2.51. The van der Waals surface area contributed by atoms with E-state index < -0.39 is 5.60 Å². The molecule has 0 aliphatic carbocycles. The molecular weight excluding hydrogens is 280 g/mol. The van der Waals surface area contributed by atoms with E-state index in [0.717, 1.165) is 17.7 Å². The number of likely N-dealkylation sites (tertiary alicyclic amines) is 1. The number of ether oxygens (including phenoxy) is 2. The van der Waals surface area contributed by atoms with E-state index in [9.17, 15) is 4.79 Å². The van der Waals surface area contributed by atoms with Gasteiger partial charge in [0.05, 0.1) is 18.2 Å². The number of rotatable bonds is 0. The van der Waals surface area contributed by atoms with Crippen LogP contribution in [0.3, 0.4) is 0 Å². The van der Waals surface area contributed by atoms with Crippen LogP contribution in [0.4, 0.5) is 10.5 Å². The lowest BCUT2D eigenvalue weighted by Gasteiger charge is -2.27. The van der Waals surface area contributed by atoms with E-state index in [1.54, 1.807) is 12.0 Å². The number of methoxy groups -OCH3 is 1. The molecule has 0 aromatic heterocycles. The Bertz CT molecular complexity index is 633. The SMILES string of the molecule is COC1=Nc2ccccc2C12CCN(C(=O)OC(C)(C)C)C2. The normalized spacial score (nSPS) is 23.5. The highest BCUT2D eigenvalue weighted by molar-refractivity contribution is 5.97. The molecule has 2 heterocycles. The molecule has 3 rings (SSSR count). The second-order valence-corrected chi connectivity index (χ2v) is 6.87. The predicted molar refractivity (Wildman–Crippen MR) is 84.6 cm³/mol. The third kappa shape index (κ3) is 2.34. The van der Waals surface area contributed by atoms with Crippen molar-refractivity contribution in [3.63, 3.8) is 0 Å². The molecule has 5 nitrogen and oxygen atoms in total. The Hall–Kier alpha value is -2.04. The van der Waals surface area contributed by atoms with Crippen LogP contribution in [0.25, 0.3) is 0 Å². The van der Waals surface area contributed by atoms with Gasteiger partial charge in [0.25, 0.3) is 0 Å². The van der Waals surface area contributed by atoms with Gasteiger partial charge in [-0.2, -0.15) is 0 Å². The maximum atomic E-state index is 12.3. The van der Waals surface area contributed by atoms with Gasteiger partial charge in [-0.25, -0.2) is 9.79 Å². The summed E-state index contributed by atoms with van der Waals surface area (Å²) in [6.07, 6.45) is 0.528. The van der Waals surface area contributed by atoms with Gasteiger partial charge in [0.15, 0.2) is 0 Å². The van der Waals surface area contributed by atoms with Crippen LogP contribution in [-0.4, -0.2) is 42.7 Å². The molecule has 2 aliphatic heterocycles. The first-order valence-electron chi connectivity index (χ1n) is 7.56. The van der Waals surface area contributed by atoms with Crippen molar-refractivity contribution in [1.29, 1.82) is 0 Å². The molecule has 1 spiro atoms. The Kier molecular flexibility index (Phi) is 3.38. The quantitative estimate of drug-likeness (QED) is 0.739. The lowest BCUT2D eigenvalue weighted by Crippen LogP contribution is -2.41. The second-order valence-electron chi connectivity index (χ2n) is 6.87. The van der Waals surface area contributed by atoms with Crippen LogP contribution >= 0.6 is 0 Å². The number of amides is 1. The van der Waals surface area contributed by atoms with Gasteiger partial charge in [0, 0.05) is 13.1 Å². The monoisotopic (exact) mass is 302 g/mol. The van der Waals surface area contributed by atoms with Crippen LogP contribution in [-0.2, 0) is 14.9 Å². The first-order valence-corrected chi connectivity index (χ1v) is 7.56. The lowest BCUT2D eigenvalue weighted by atomic mass is 9.80. The van der Waals surface area contributed by atoms with Crippen LogP contribution in [0.15, 0.2) is 29.3 Å². The van der Waals surface area contributed by atoms with Crippen molar-refractivity contribution < 1.29 is 14.3 Å². The van der Waals surface area contributed by atoms with E-state index in [0.29, 0.717) is 19.0 Å². The number of benzene rings is 1. The van der Waals surface area contributed by atoms with Gasteiger partial charge in [0.1, 0.15) is 5.60 Å². The molecule has 1 aromatic carbocycles. The molecule has 0 N–H and O–H groups in total. The number of nitrogens with zero attached hydrogens (tertiary/aromatic N) is 2. The molecular formula is C17H22N2O3. The summed E-state index contributed by atoms with van der Waals surface area (Å²) in [6.45, 7) is 6.83. The molecule has 0 saturated carbocycles. The van der Waals surface area contributed by atoms with Crippen LogP contribution in [0.2, 0.25) is 0 Å². The summed E-state index contributed by atoms with van der Waals surface area (Å²) < 4.78 is 11.0. The molecule has 1 atom stereocenters. The van der Waals surface area contributed by atoms with E-state index in [1.807, 2.05) is 39.0 Å². The lowest BCUT2D eigenvalue weighted by molar-refractivity contribution is 0.0288. The number of fused-ring (bicyclic) bond motifs is 2. The average Bonchev–Trinajstić information content (AvgIpc) is 3.01. The van der Waals surface area contributed by atoms with Crippen LogP contribution in [0.1, 0.15) is 32.8 Å². The third-order valence-electron chi connectivity index (χ3n) is 4.17. The number of hydrogen-bond acceptors (Lipinski definition) is 4. The Morgan fingerprint density at radius 2 is 2.05 bits per heavy atom. The van der Waals surface area contributed by atoms with Crippen molar-refractivity contribution in [2.45, 2.75) is 38.2 Å². The fourth-order valence-electron chi connectivity index (χ4n) is 3.23. The molecule has 1 saturated heterocycles. The van der Waals surface area contributed by atoms with Gasteiger partial charge < -0.3 is 14.4 Å². The van der Waals surface area contributed by atoms with Crippen molar-refractivity contribution in [2.75, 3.05) is 20.2 Å². The minimum absolute atomic E-state index is 0.274. The number of aliphatic imine (C=N–C) groups is 1. The van der Waals surface area contributed by atoms with Gasteiger partial charge in [-0.3, -0.25) is 0 Å². The van der Waals surface area contributed by atoms with E-state index in [1.165, 1.54) is 0 Å². The van der Waals surface area contributed by atoms with Crippen molar-refractivity contribution in [3.05, 3.63) is 29.8 Å². The Morgan fingerprint density at radius 1 is 1.32 bits per heavy atom. The number of carbonyl (C=O) groups excluding carboxylic acids is 1. The summed E-state index contributed by atoms with van der Waals surface area (Å²) in [5.74, 6) is 0.694. The summed E-state index contributed by atoms with van der Waals surface area (Å²) >= 11 is 0. The maximum Gasteiger partial charge on any atom is 0.410 e. The minimum atomic E-state index is -0.488. The van der Waals surface area contributed by atoms with Gasteiger partial charge in [0.2, 0.25) is 5.90 Å². The predicted octanol–water partition coefficient (Wildman–Crippen LogP) is 3.26. The standard InChI is InChI=1S/C17H22N2O3/c1-16(2,3)22-15(20)19-10-9-17(11-19)12-7-5-6-8-13(12)18-14(17)21-4/h5-8H,9-11H2,1-4H3. The van der Waals surface area contributed by atoms with E-state index >= 15 is 0 Å². The fourth-order valence-corrected chi connectivity index (χ4v) is 3.23. The topological polar surface area (TPSA) is 51.1 Å². The maximum absolute atomic E-state index is 12.3. The molecule has 1 fully saturated rings. The molecule has 1 amide bonds. The zero-order valence-corrected chi connectivity index (χ0v) is 13.5. The van der Waals surface area contributed by atoms with Gasteiger partial charge in [-0.05, 0) is 38.8 Å². The summed E-state index contributed by atoms with van der Waals surface area (Å²) in [7, 11) is 1.64. The van der Waals surface area contributed by atoms with Crippen LogP contribution in [0, 0.1) is 0 Å². The molecule has 0 bridgehead atoms. The highest BCUT2D eigenvalue weighted by atomic mass is 16.6. The van der Waals surface area contributed by atoms with Crippen LogP contribution in [0.5, 0.6) is 0 Å². The van der Waals surface area contributed by atoms with Crippen molar-refractivity contribution in [2.24, 2.45) is 4.99 Å². The average molecular weight is 302 g/mol. The molecule has 2 aliphatic rings. The summed E-state index contributed by atoms with van der Waals surface area (Å²) in [4.78, 5) is 18.7. The van der Waals surface area contributed by atoms with Gasteiger partial charge >= 0.3 is 6.09 Å². The molecule has 0 radical (unpaired) electrons. The highest BCUT2D eigenvalue weighted by Crippen LogP contribution is 2.46. The number of hydrogen-bond donors (Lipinski definition) is 0. The summed E-state index contributed by atoms with van der Waals surface area (Å²) in [5, 5.41) is 0. The van der Waals surface area contributed by atoms with E-state index in [2.05, 4.69) is 11.1 Å². The molecule has 1 unspecified atom stereocenters. The Balaban J connectivity index is 1.87. The first kappa shape index (κ1) is 14.9. The van der Waals surface area contributed by atoms with Gasteiger partial charge in [-0.1, -0.05) is 18.2 Å². The fraction of sp³-hybridized carbons (Fsp3) is 0.529. The zero-order valence-electron chi connectivity index (χ0n) is 13.5. The smallest absolute Gasteiger partial charge is 0.410 e. The second kappa shape index (κ2) is 5.00. The van der Waals surface area contributed by atoms with Crippen molar-refractivity contribution in [1.82, 2.24) is 4.90 Å². The largest absolute Gasteiger partial charge is 0.483 e. The zero-order chi connectivity index (χ0) is 16.0. The summed E-state index contributed by atoms with van der Waals surface area (Å²) in [5.41, 5.74) is 1.25. The molecule has 1 aromatic rings. The van der Waals surface area contributed by atoms with Gasteiger partial charge in [-0.15, -0.1) is 0 Å². The van der Waals surface area contributed by atoms with Crippen molar-refractivity contribution >= 4 is 17.7 Å². The third-order valence-corrected chi connectivity index (χ3v) is 4.17. The molecule has 118 valence electrons. The Morgan fingerprint density at radius 3 is 2.73 bits per heavy atom. The van der Waals surface area contributed by atoms with Crippen LogP contribution < -0.4 is 0 Å². The number of carbonyl (C=O) groups is 1. The Labute approximate surface area is 130 Å². The summed E-state index contributed by atoms with van der Waals surface area (Å²) in [6, 6.07) is 8.03. The molecule has 5 heteroatoms. The number of para-hydroxylation sites is 1. The van der Waals surface area contributed by atoms with Crippen molar-refractivity contribution in [3.8, 4) is 0 Å². The van der Waals surface area contributed by atoms with E-state index in [4.69, 9.17) is 9.47 Å². The molecule has 22 heavy (non-hydrogen) atoms. The minimum Gasteiger partial charge on any atom is -0.483 e.